The van der Waals surface area contributed by atoms with Crippen molar-refractivity contribution in [1.29, 1.82) is 0 Å². The Kier molecular flexibility index (Phi) is 6.38. The number of hydrogen-bond acceptors (Lipinski definition) is 5. The number of aromatic nitrogens is 2. The zero-order valence-corrected chi connectivity index (χ0v) is 20.1. The van der Waals surface area contributed by atoms with E-state index in [1.807, 2.05) is 42.5 Å². The third-order valence-corrected chi connectivity index (χ3v) is 6.91. The molecular weight excluding hydrogens is 458 g/mol. The molecule has 0 radical (unpaired) electrons. The van der Waals surface area contributed by atoms with Crippen molar-refractivity contribution in [2.75, 3.05) is 0 Å². The average molecular weight is 482 g/mol. The molecule has 0 spiro atoms. The second-order valence-electron chi connectivity index (χ2n) is 8.69. The maximum atomic E-state index is 13.3. The van der Waals surface area contributed by atoms with Crippen LogP contribution < -0.4 is 4.72 Å². The first-order chi connectivity index (χ1) is 15.6. The molecule has 1 heterocycles. The normalized spacial score (nSPS) is 13.1. The molecule has 0 saturated carbocycles. The highest BCUT2D eigenvalue weighted by Gasteiger charge is 2.28. The van der Waals surface area contributed by atoms with Gasteiger partial charge in [0.1, 0.15) is 6.04 Å². The molecule has 1 unspecified atom stereocenters. The number of halogens is 1. The summed E-state index contributed by atoms with van der Waals surface area (Å²) in [5, 5.41) is 8.79. The monoisotopic (exact) mass is 481 g/mol. The molecule has 0 bridgehead atoms. The fourth-order valence-corrected chi connectivity index (χ4v) is 4.63. The minimum Gasteiger partial charge on any atom is -0.419 e. The van der Waals surface area contributed by atoms with Crippen molar-refractivity contribution in [2.24, 2.45) is 0 Å². The van der Waals surface area contributed by atoms with E-state index in [0.717, 1.165) is 11.1 Å². The van der Waals surface area contributed by atoms with E-state index in [0.29, 0.717) is 16.5 Å². The van der Waals surface area contributed by atoms with Crippen LogP contribution in [0.5, 0.6) is 0 Å². The van der Waals surface area contributed by atoms with Gasteiger partial charge in [-0.3, -0.25) is 0 Å². The number of nitrogens with zero attached hydrogens (tertiary/aromatic N) is 2. The van der Waals surface area contributed by atoms with Gasteiger partial charge in [-0.1, -0.05) is 74.8 Å². The van der Waals surface area contributed by atoms with Crippen LogP contribution in [0.3, 0.4) is 0 Å². The standard InChI is InChI=1S/C25H24ClN3O3S/c1-25(2,3)19-11-15-21(16-12-19)33(30,31)29-22(17-9-13-20(26)14-10-17)24-28-27-23(32-24)18-7-5-4-6-8-18/h4-16,22,29H,1-3H3. The Morgan fingerprint density at radius 2 is 1.52 bits per heavy atom. The second kappa shape index (κ2) is 9.09. The van der Waals surface area contributed by atoms with Crippen LogP contribution in [0.2, 0.25) is 5.02 Å². The summed E-state index contributed by atoms with van der Waals surface area (Å²) in [5.74, 6) is 0.435. The minimum atomic E-state index is -3.89. The Hall–Kier alpha value is -3.00. The van der Waals surface area contributed by atoms with Crippen molar-refractivity contribution in [1.82, 2.24) is 14.9 Å². The first kappa shape index (κ1) is 23.2. The average Bonchev–Trinajstić information content (AvgIpc) is 3.28. The molecule has 1 aromatic heterocycles. The lowest BCUT2D eigenvalue weighted by Crippen LogP contribution is -2.30. The van der Waals surface area contributed by atoms with Gasteiger partial charge in [0, 0.05) is 10.6 Å². The maximum Gasteiger partial charge on any atom is 0.247 e. The van der Waals surface area contributed by atoms with Crippen molar-refractivity contribution < 1.29 is 12.8 Å². The fraction of sp³-hybridized carbons (Fsp3) is 0.200. The molecule has 0 fully saturated rings. The zero-order valence-electron chi connectivity index (χ0n) is 18.5. The summed E-state index contributed by atoms with van der Waals surface area (Å²) < 4.78 is 35.1. The molecule has 0 saturated heterocycles. The van der Waals surface area contributed by atoms with Crippen LogP contribution in [-0.2, 0) is 15.4 Å². The molecule has 0 amide bonds. The molecular formula is C25H24ClN3O3S. The molecule has 8 heteroatoms. The largest absolute Gasteiger partial charge is 0.419 e. The topological polar surface area (TPSA) is 85.1 Å². The summed E-state index contributed by atoms with van der Waals surface area (Å²) >= 11 is 6.04. The molecule has 1 N–H and O–H groups in total. The van der Waals surface area contributed by atoms with Crippen LogP contribution in [0.4, 0.5) is 0 Å². The van der Waals surface area contributed by atoms with E-state index < -0.39 is 16.1 Å². The summed E-state index contributed by atoms with van der Waals surface area (Å²) in [6.07, 6.45) is 0. The SMILES string of the molecule is CC(C)(C)c1ccc(S(=O)(=O)NC(c2ccc(Cl)cc2)c2nnc(-c3ccccc3)o2)cc1. The van der Waals surface area contributed by atoms with Gasteiger partial charge in [-0.05, 0) is 52.9 Å². The van der Waals surface area contributed by atoms with Crippen LogP contribution >= 0.6 is 11.6 Å². The van der Waals surface area contributed by atoms with Crippen LogP contribution in [0, 0.1) is 0 Å². The Morgan fingerprint density at radius 3 is 2.12 bits per heavy atom. The highest BCUT2D eigenvalue weighted by Crippen LogP contribution is 2.29. The highest BCUT2D eigenvalue weighted by molar-refractivity contribution is 7.89. The van der Waals surface area contributed by atoms with Gasteiger partial charge in [-0.15, -0.1) is 10.2 Å². The van der Waals surface area contributed by atoms with Gasteiger partial charge < -0.3 is 4.42 Å². The summed E-state index contributed by atoms with van der Waals surface area (Å²) in [6.45, 7) is 6.22. The molecule has 3 aromatic carbocycles. The molecule has 33 heavy (non-hydrogen) atoms. The van der Waals surface area contributed by atoms with E-state index in [2.05, 4.69) is 35.7 Å². The molecule has 1 atom stereocenters. The van der Waals surface area contributed by atoms with Gasteiger partial charge in [0.2, 0.25) is 21.8 Å². The fourth-order valence-electron chi connectivity index (χ4n) is 3.32. The van der Waals surface area contributed by atoms with Crippen LogP contribution in [0.1, 0.15) is 43.8 Å². The molecule has 0 aliphatic rings. The molecule has 0 aliphatic heterocycles. The van der Waals surface area contributed by atoms with Gasteiger partial charge in [-0.25, -0.2) is 8.42 Å². The lowest BCUT2D eigenvalue weighted by Gasteiger charge is -2.20. The van der Waals surface area contributed by atoms with E-state index in [1.165, 1.54) is 0 Å². The van der Waals surface area contributed by atoms with Crippen LogP contribution in [0.25, 0.3) is 11.5 Å². The Labute approximate surface area is 198 Å². The summed E-state index contributed by atoms with van der Waals surface area (Å²) in [5.41, 5.74) is 2.32. The predicted molar refractivity (Wildman–Crippen MR) is 128 cm³/mol. The summed E-state index contributed by atoms with van der Waals surface area (Å²) in [6, 6.07) is 22.1. The van der Waals surface area contributed by atoms with E-state index in [4.69, 9.17) is 16.0 Å². The van der Waals surface area contributed by atoms with Crippen LogP contribution in [0.15, 0.2) is 88.2 Å². The first-order valence-electron chi connectivity index (χ1n) is 10.4. The van der Waals surface area contributed by atoms with Gasteiger partial charge in [0.25, 0.3) is 0 Å². The van der Waals surface area contributed by atoms with Gasteiger partial charge >= 0.3 is 0 Å². The van der Waals surface area contributed by atoms with Crippen molar-refractivity contribution in [3.63, 3.8) is 0 Å². The quantitative estimate of drug-likeness (QED) is 0.378. The van der Waals surface area contributed by atoms with Gasteiger partial charge in [-0.2, -0.15) is 4.72 Å². The maximum absolute atomic E-state index is 13.3. The highest BCUT2D eigenvalue weighted by atomic mass is 35.5. The number of benzene rings is 3. The molecule has 4 rings (SSSR count). The van der Waals surface area contributed by atoms with E-state index in [-0.39, 0.29) is 16.2 Å². The molecule has 4 aromatic rings. The number of nitrogens with one attached hydrogen (secondary N) is 1. The Balaban J connectivity index is 1.70. The van der Waals surface area contributed by atoms with Crippen molar-refractivity contribution in [3.8, 4) is 11.5 Å². The number of rotatable bonds is 6. The third-order valence-electron chi connectivity index (χ3n) is 5.22. The van der Waals surface area contributed by atoms with Crippen molar-refractivity contribution in [3.05, 3.63) is 101 Å². The smallest absolute Gasteiger partial charge is 0.247 e. The first-order valence-corrected chi connectivity index (χ1v) is 12.3. The van der Waals surface area contributed by atoms with Gasteiger partial charge in [0.05, 0.1) is 4.90 Å². The van der Waals surface area contributed by atoms with E-state index in [9.17, 15) is 8.42 Å². The zero-order chi connectivity index (χ0) is 23.6. The molecule has 0 aliphatic carbocycles. The second-order valence-corrected chi connectivity index (χ2v) is 10.8. The van der Waals surface area contributed by atoms with Crippen molar-refractivity contribution in [2.45, 2.75) is 37.1 Å². The molecule has 170 valence electrons. The predicted octanol–water partition coefficient (Wildman–Crippen LogP) is 5.76. The Morgan fingerprint density at radius 1 is 0.879 bits per heavy atom. The summed E-state index contributed by atoms with van der Waals surface area (Å²) in [7, 11) is -3.89. The minimum absolute atomic E-state index is 0.0842. The number of sulfonamides is 1. The lowest BCUT2D eigenvalue weighted by atomic mass is 9.87. The third kappa shape index (κ3) is 5.33. The number of hydrogen-bond donors (Lipinski definition) is 1. The van der Waals surface area contributed by atoms with Crippen LogP contribution in [-0.4, -0.2) is 18.6 Å². The lowest BCUT2D eigenvalue weighted by molar-refractivity contribution is 0.464. The van der Waals surface area contributed by atoms with E-state index in [1.54, 1.807) is 36.4 Å². The molecule has 6 nitrogen and oxygen atoms in total. The summed E-state index contributed by atoms with van der Waals surface area (Å²) in [4.78, 5) is 0.150. The van der Waals surface area contributed by atoms with Gasteiger partial charge in [0.15, 0.2) is 0 Å². The van der Waals surface area contributed by atoms with Crippen molar-refractivity contribution >= 4 is 21.6 Å². The van der Waals surface area contributed by atoms with E-state index >= 15 is 0 Å². The Bertz CT molecular complexity index is 1330.